The second-order valence-corrected chi connectivity index (χ2v) is 18.9. The Morgan fingerprint density at radius 1 is 0.467 bits per heavy atom. The zero-order valence-corrected chi connectivity index (χ0v) is 43.8. The molecule has 6 unspecified atom stereocenters. The standard InChI is InChI=1S/C33H42I6N6O15/c34-19-15(21(36)25(44-28(55)14(53)10-49)23(38)17(19)31(58)42-5-11(50)7-46)29(56)40-3-1-2-4-41-30(57)16-20(35)18(32(59)43-6-12(51)8-47)24(39)26(22(16)37)45-33(60)27(54)13(52)9-48/h11-14,27-28,44,46-55H,1-10H2,(H,40,56)(H,41,57)(H,42,58)(H,43,59)(H,45,60). The van der Waals surface area contributed by atoms with Crippen LogP contribution in [0, 0.1) is 21.4 Å². The van der Waals surface area contributed by atoms with Gasteiger partial charge in [-0.3, -0.25) is 24.0 Å². The minimum atomic E-state index is -2.07. The molecular formula is C33H42I6N6O15. The summed E-state index contributed by atoms with van der Waals surface area (Å²) in [5.74, 6) is -3.91. The third-order valence-corrected chi connectivity index (χ3v) is 14.5. The van der Waals surface area contributed by atoms with E-state index in [9.17, 15) is 69.9 Å². The number of halogens is 6. The van der Waals surface area contributed by atoms with E-state index in [0.29, 0.717) is 12.8 Å². The van der Waals surface area contributed by atoms with Crippen molar-refractivity contribution in [2.75, 3.05) is 63.2 Å². The summed E-state index contributed by atoms with van der Waals surface area (Å²) >= 11 is 10.8. The predicted octanol–water partition coefficient (Wildman–Crippen LogP) is -1.84. The highest BCUT2D eigenvalue weighted by molar-refractivity contribution is 14.1. The maximum atomic E-state index is 13.6. The molecule has 0 saturated heterocycles. The number of rotatable bonds is 23. The number of amides is 5. The van der Waals surface area contributed by atoms with E-state index in [0.717, 1.165) is 0 Å². The Kier molecular flexibility index (Phi) is 25.2. The van der Waals surface area contributed by atoms with Gasteiger partial charge in [0.25, 0.3) is 29.5 Å². The number of carbonyl (C=O) groups excluding carboxylic acids is 5. The lowest BCUT2D eigenvalue weighted by molar-refractivity contribution is -0.131. The van der Waals surface area contributed by atoms with Crippen molar-refractivity contribution in [3.8, 4) is 0 Å². The number of hydrogen-bond acceptors (Lipinski definition) is 16. The summed E-state index contributed by atoms with van der Waals surface area (Å²) in [5, 5.41) is 112. The van der Waals surface area contributed by atoms with E-state index < -0.39 is 92.7 Å². The first-order valence-corrected chi connectivity index (χ1v) is 23.8. The van der Waals surface area contributed by atoms with E-state index in [1.807, 2.05) is 67.8 Å². The van der Waals surface area contributed by atoms with Crippen LogP contribution in [0.3, 0.4) is 0 Å². The van der Waals surface area contributed by atoms with Crippen LogP contribution in [0.5, 0.6) is 0 Å². The van der Waals surface area contributed by atoms with Crippen LogP contribution in [0.2, 0.25) is 0 Å². The third-order valence-electron chi connectivity index (χ3n) is 8.05. The summed E-state index contributed by atoms with van der Waals surface area (Å²) in [5.41, 5.74) is -0.0642. The normalized spacial score (nSPS) is 14.3. The number of aliphatic hydroxyl groups is 10. The average molecular weight is 1520 g/mol. The number of unbranched alkanes of at least 4 members (excludes halogenated alkanes) is 1. The minimum Gasteiger partial charge on any atom is -0.394 e. The molecule has 16 N–H and O–H groups in total. The average Bonchev–Trinajstić information content (AvgIpc) is 3.21. The summed E-state index contributed by atoms with van der Waals surface area (Å²) in [6, 6.07) is 0. The molecule has 0 bridgehead atoms. The van der Waals surface area contributed by atoms with Gasteiger partial charge in [-0.2, -0.15) is 0 Å². The molecule has 60 heavy (non-hydrogen) atoms. The summed E-state index contributed by atoms with van der Waals surface area (Å²) in [7, 11) is 0. The lowest BCUT2D eigenvalue weighted by Crippen LogP contribution is -2.40. The SMILES string of the molecule is O=C(NCCCCNC(=O)c1c(I)c(NC(O)C(O)CO)c(I)c(C(=O)NCC(O)CO)c1I)c1c(I)c(NC(=O)C(O)C(O)CO)c(I)c(C(=O)NCC(O)CO)c1I. The highest BCUT2D eigenvalue weighted by Gasteiger charge is 2.32. The van der Waals surface area contributed by atoms with Gasteiger partial charge in [-0.25, -0.2) is 0 Å². The Hall–Kier alpha value is -0.430. The Bertz CT molecular complexity index is 1880. The van der Waals surface area contributed by atoms with Crippen molar-refractivity contribution in [2.24, 2.45) is 0 Å². The van der Waals surface area contributed by atoms with Gasteiger partial charge in [0.15, 0.2) is 12.3 Å². The predicted molar refractivity (Wildman–Crippen MR) is 264 cm³/mol. The second kappa shape index (κ2) is 27.1. The van der Waals surface area contributed by atoms with Gasteiger partial charge >= 0.3 is 0 Å². The second-order valence-electron chi connectivity index (χ2n) is 12.5. The lowest BCUT2D eigenvalue weighted by Gasteiger charge is -2.24. The molecule has 2 aromatic rings. The Balaban J connectivity index is 2.32. The number of anilines is 2. The van der Waals surface area contributed by atoms with Crippen molar-refractivity contribution in [3.05, 3.63) is 43.7 Å². The van der Waals surface area contributed by atoms with Gasteiger partial charge in [-0.05, 0) is 148 Å². The van der Waals surface area contributed by atoms with Crippen molar-refractivity contribution < 1.29 is 75.0 Å². The fraction of sp³-hybridized carbons (Fsp3) is 0.485. The molecule has 0 aliphatic rings. The fourth-order valence-corrected chi connectivity index (χ4v) is 13.6. The largest absolute Gasteiger partial charge is 0.394 e. The molecule has 0 aromatic heterocycles. The molecular weight excluding hydrogens is 1480 g/mol. The molecule has 2 aromatic carbocycles. The highest BCUT2D eigenvalue weighted by Crippen LogP contribution is 2.37. The van der Waals surface area contributed by atoms with E-state index in [-0.39, 0.29) is 81.2 Å². The van der Waals surface area contributed by atoms with Crippen molar-refractivity contribution in [3.63, 3.8) is 0 Å². The number of carbonyl (C=O) groups is 5. The summed E-state index contributed by atoms with van der Waals surface area (Å²) < 4.78 is 1.16. The molecule has 0 heterocycles. The van der Waals surface area contributed by atoms with Gasteiger partial charge in [0.1, 0.15) is 12.2 Å². The topological polar surface area (TPSA) is 360 Å². The molecule has 0 aliphatic carbocycles. The van der Waals surface area contributed by atoms with Crippen LogP contribution in [0.4, 0.5) is 11.4 Å². The van der Waals surface area contributed by atoms with Crippen LogP contribution < -0.4 is 31.9 Å². The summed E-state index contributed by atoms with van der Waals surface area (Å²) in [4.78, 5) is 66.6. The van der Waals surface area contributed by atoms with Gasteiger partial charge in [0.05, 0.1) is 86.5 Å². The molecule has 21 nitrogen and oxygen atoms in total. The fourth-order valence-electron chi connectivity index (χ4n) is 4.74. The first-order valence-electron chi connectivity index (χ1n) is 17.3. The van der Waals surface area contributed by atoms with Crippen molar-refractivity contribution >= 4 is 176 Å². The van der Waals surface area contributed by atoms with E-state index in [4.69, 9.17) is 5.11 Å². The monoisotopic (exact) mass is 1520 g/mol. The van der Waals surface area contributed by atoms with Gasteiger partial charge in [0.2, 0.25) is 0 Å². The minimum absolute atomic E-state index is 0.00675. The first-order chi connectivity index (χ1) is 28.2. The van der Waals surface area contributed by atoms with Crippen LogP contribution in [-0.2, 0) is 4.79 Å². The summed E-state index contributed by atoms with van der Waals surface area (Å²) in [6.45, 7) is -3.52. The molecule has 0 radical (unpaired) electrons. The number of hydrogen-bond donors (Lipinski definition) is 16. The van der Waals surface area contributed by atoms with Gasteiger partial charge in [-0.15, -0.1) is 0 Å². The quantitative estimate of drug-likeness (QED) is 0.0330. The van der Waals surface area contributed by atoms with Gasteiger partial charge in [0, 0.05) is 33.3 Å². The van der Waals surface area contributed by atoms with Crippen LogP contribution in [-0.4, -0.2) is 170 Å². The van der Waals surface area contributed by atoms with E-state index in [1.54, 1.807) is 67.8 Å². The molecule has 0 fully saturated rings. The number of aliphatic hydroxyl groups excluding tert-OH is 10. The van der Waals surface area contributed by atoms with Crippen LogP contribution in [0.15, 0.2) is 0 Å². The van der Waals surface area contributed by atoms with Gasteiger partial charge < -0.3 is 83.0 Å². The van der Waals surface area contributed by atoms with E-state index in [2.05, 4.69) is 31.9 Å². The Labute approximate surface area is 424 Å². The number of nitrogens with one attached hydrogen (secondary N) is 6. The van der Waals surface area contributed by atoms with E-state index in [1.165, 1.54) is 0 Å². The number of benzene rings is 2. The maximum absolute atomic E-state index is 13.6. The molecule has 0 saturated carbocycles. The van der Waals surface area contributed by atoms with Crippen LogP contribution in [0.1, 0.15) is 54.3 Å². The smallest absolute Gasteiger partial charge is 0.256 e. The zero-order chi connectivity index (χ0) is 45.6. The van der Waals surface area contributed by atoms with Crippen molar-refractivity contribution in [1.82, 2.24) is 21.3 Å². The van der Waals surface area contributed by atoms with Crippen molar-refractivity contribution in [1.29, 1.82) is 0 Å². The Morgan fingerprint density at radius 3 is 1.17 bits per heavy atom. The summed E-state index contributed by atoms with van der Waals surface area (Å²) in [6.07, 6.45) is -9.12. The molecule has 6 atom stereocenters. The molecule has 27 heteroatoms. The van der Waals surface area contributed by atoms with Gasteiger partial charge in [-0.1, -0.05) is 0 Å². The Morgan fingerprint density at radius 2 is 0.817 bits per heavy atom. The molecule has 0 spiro atoms. The maximum Gasteiger partial charge on any atom is 0.256 e. The molecule has 5 amide bonds. The molecule has 0 aliphatic heterocycles. The van der Waals surface area contributed by atoms with Crippen LogP contribution >= 0.6 is 136 Å². The van der Waals surface area contributed by atoms with E-state index >= 15 is 0 Å². The highest BCUT2D eigenvalue weighted by atomic mass is 127. The zero-order valence-electron chi connectivity index (χ0n) is 30.8. The lowest BCUT2D eigenvalue weighted by atomic mass is 10.1. The molecule has 336 valence electrons. The van der Waals surface area contributed by atoms with Crippen molar-refractivity contribution in [2.45, 2.75) is 49.6 Å². The first kappa shape index (κ1) is 55.7. The third kappa shape index (κ3) is 15.1. The molecule has 2 rings (SSSR count). The van der Waals surface area contributed by atoms with Crippen LogP contribution in [0.25, 0.3) is 0 Å².